The molecular weight excluding hydrogens is 617 g/mol. The van der Waals surface area contributed by atoms with E-state index in [-0.39, 0.29) is 24.6 Å². The van der Waals surface area contributed by atoms with Crippen molar-refractivity contribution in [3.8, 4) is 0 Å². The zero-order valence-corrected chi connectivity index (χ0v) is 34.0. The first-order valence-corrected chi connectivity index (χ1v) is 22.3. The fraction of sp³-hybridized carbons (Fsp3) is 0.870. The second-order valence-corrected chi connectivity index (χ2v) is 15.0. The number of ether oxygens (including phenoxy) is 2. The first-order chi connectivity index (χ1) is 24.6. The fourth-order valence-corrected chi connectivity index (χ4v) is 6.51. The van der Waals surface area contributed by atoms with Crippen LogP contribution in [0, 0.1) is 0 Å². The summed E-state index contributed by atoms with van der Waals surface area (Å²) in [7, 11) is 0. The minimum atomic E-state index is -0.310. The predicted molar refractivity (Wildman–Crippen MR) is 218 cm³/mol. The zero-order valence-electron chi connectivity index (χ0n) is 34.0. The highest BCUT2D eigenvalue weighted by Crippen LogP contribution is 2.15. The van der Waals surface area contributed by atoms with Crippen LogP contribution in [0.5, 0.6) is 0 Å². The standard InChI is InChI=1S/C46H86O4/c1-4-7-10-13-16-18-20-22-24-26-28-30-32-35-38-41-45(47)49-43-44(40-37-34-15-12-9-6-3)50-46(48)42-39-36-33-31-29-27-25-23-21-19-17-14-11-8-5-2/h22-25,44H,4-21,26-43H2,1-3H3. The molecule has 1 unspecified atom stereocenters. The van der Waals surface area contributed by atoms with Gasteiger partial charge in [-0.15, -0.1) is 0 Å². The largest absolute Gasteiger partial charge is 0.462 e. The van der Waals surface area contributed by atoms with Crippen LogP contribution in [0.1, 0.15) is 245 Å². The lowest BCUT2D eigenvalue weighted by Crippen LogP contribution is -2.25. The van der Waals surface area contributed by atoms with E-state index in [1.807, 2.05) is 0 Å². The monoisotopic (exact) mass is 703 g/mol. The highest BCUT2D eigenvalue weighted by atomic mass is 16.6. The van der Waals surface area contributed by atoms with Gasteiger partial charge in [-0.05, 0) is 77.0 Å². The lowest BCUT2D eigenvalue weighted by Gasteiger charge is -2.18. The minimum Gasteiger partial charge on any atom is -0.462 e. The molecule has 0 aromatic rings. The Morgan fingerprint density at radius 3 is 1.12 bits per heavy atom. The molecule has 0 aliphatic heterocycles. The Kier molecular flexibility index (Phi) is 40.5. The van der Waals surface area contributed by atoms with Crippen LogP contribution in [-0.4, -0.2) is 24.6 Å². The molecule has 4 nitrogen and oxygen atoms in total. The maximum atomic E-state index is 12.7. The van der Waals surface area contributed by atoms with E-state index in [0.717, 1.165) is 44.9 Å². The van der Waals surface area contributed by atoms with Crippen LogP contribution in [0.3, 0.4) is 0 Å². The number of carbonyl (C=O) groups is 2. The lowest BCUT2D eigenvalue weighted by molar-refractivity contribution is -0.159. The molecule has 0 aliphatic carbocycles. The number of esters is 2. The molecule has 0 radical (unpaired) electrons. The molecule has 0 saturated heterocycles. The molecule has 1 atom stereocenters. The Labute approximate surface area is 312 Å². The topological polar surface area (TPSA) is 52.6 Å². The van der Waals surface area contributed by atoms with Crippen LogP contribution in [0.2, 0.25) is 0 Å². The Hall–Kier alpha value is -1.58. The van der Waals surface area contributed by atoms with Crippen molar-refractivity contribution < 1.29 is 19.1 Å². The van der Waals surface area contributed by atoms with Crippen molar-refractivity contribution in [3.05, 3.63) is 24.3 Å². The molecule has 0 aliphatic rings. The van der Waals surface area contributed by atoms with Gasteiger partial charge in [-0.1, -0.05) is 180 Å². The molecule has 0 amide bonds. The molecule has 0 aromatic heterocycles. The third kappa shape index (κ3) is 39.2. The number of carbonyl (C=O) groups excluding carboxylic acids is 2. The molecule has 0 heterocycles. The van der Waals surface area contributed by atoms with Crippen LogP contribution in [0.4, 0.5) is 0 Å². The van der Waals surface area contributed by atoms with Crippen molar-refractivity contribution in [1.29, 1.82) is 0 Å². The Balaban J connectivity index is 4.04. The molecule has 0 aromatic carbocycles. The highest BCUT2D eigenvalue weighted by Gasteiger charge is 2.17. The first kappa shape index (κ1) is 48.4. The number of hydrogen-bond acceptors (Lipinski definition) is 4. The second kappa shape index (κ2) is 41.8. The number of rotatable bonds is 40. The van der Waals surface area contributed by atoms with Crippen molar-refractivity contribution in [3.63, 3.8) is 0 Å². The van der Waals surface area contributed by atoms with Crippen molar-refractivity contribution in [1.82, 2.24) is 0 Å². The Bertz CT molecular complexity index is 757. The highest BCUT2D eigenvalue weighted by molar-refractivity contribution is 5.70. The molecule has 0 rings (SSSR count). The van der Waals surface area contributed by atoms with Crippen LogP contribution < -0.4 is 0 Å². The summed E-state index contributed by atoms with van der Waals surface area (Å²) >= 11 is 0. The normalized spacial score (nSPS) is 12.3. The maximum absolute atomic E-state index is 12.7. The van der Waals surface area contributed by atoms with Crippen molar-refractivity contribution >= 4 is 11.9 Å². The van der Waals surface area contributed by atoms with Crippen molar-refractivity contribution in [2.75, 3.05) is 6.61 Å². The van der Waals surface area contributed by atoms with Gasteiger partial charge in [0.25, 0.3) is 0 Å². The maximum Gasteiger partial charge on any atom is 0.306 e. The Morgan fingerprint density at radius 2 is 0.720 bits per heavy atom. The van der Waals surface area contributed by atoms with E-state index >= 15 is 0 Å². The van der Waals surface area contributed by atoms with E-state index in [0.29, 0.717) is 12.8 Å². The van der Waals surface area contributed by atoms with Gasteiger partial charge in [-0.25, -0.2) is 0 Å². The van der Waals surface area contributed by atoms with Crippen LogP contribution in [0.25, 0.3) is 0 Å². The number of allylic oxidation sites excluding steroid dienone is 4. The summed E-state index contributed by atoms with van der Waals surface area (Å²) < 4.78 is 11.5. The minimum absolute atomic E-state index is 0.132. The average Bonchev–Trinajstić information content (AvgIpc) is 3.11. The van der Waals surface area contributed by atoms with Gasteiger partial charge in [0.15, 0.2) is 0 Å². The summed E-state index contributed by atoms with van der Waals surface area (Å²) in [6.07, 6.45) is 50.4. The van der Waals surface area contributed by atoms with E-state index in [1.54, 1.807) is 0 Å². The Morgan fingerprint density at radius 1 is 0.400 bits per heavy atom. The van der Waals surface area contributed by atoms with E-state index in [4.69, 9.17) is 9.47 Å². The molecule has 294 valence electrons. The van der Waals surface area contributed by atoms with Gasteiger partial charge in [-0.2, -0.15) is 0 Å². The fourth-order valence-electron chi connectivity index (χ4n) is 6.51. The van der Waals surface area contributed by atoms with Gasteiger partial charge in [0.1, 0.15) is 12.7 Å². The smallest absolute Gasteiger partial charge is 0.306 e. The zero-order chi connectivity index (χ0) is 36.4. The molecule has 0 N–H and O–H groups in total. The molecule has 0 spiro atoms. The van der Waals surface area contributed by atoms with Crippen LogP contribution in [0.15, 0.2) is 24.3 Å². The summed E-state index contributed by atoms with van der Waals surface area (Å²) in [4.78, 5) is 25.1. The third-order valence-corrected chi connectivity index (χ3v) is 9.89. The van der Waals surface area contributed by atoms with Gasteiger partial charge >= 0.3 is 11.9 Å². The second-order valence-electron chi connectivity index (χ2n) is 15.0. The van der Waals surface area contributed by atoms with Gasteiger partial charge in [0.05, 0.1) is 0 Å². The van der Waals surface area contributed by atoms with Crippen LogP contribution >= 0.6 is 0 Å². The summed E-state index contributed by atoms with van der Waals surface area (Å²) in [6, 6.07) is 0. The lowest BCUT2D eigenvalue weighted by atomic mass is 10.1. The summed E-state index contributed by atoms with van der Waals surface area (Å²) in [5.74, 6) is -0.282. The van der Waals surface area contributed by atoms with E-state index in [9.17, 15) is 9.59 Å². The quantitative estimate of drug-likeness (QED) is 0.0362. The molecular formula is C46H86O4. The van der Waals surface area contributed by atoms with Gasteiger partial charge in [0, 0.05) is 12.8 Å². The van der Waals surface area contributed by atoms with E-state index < -0.39 is 0 Å². The van der Waals surface area contributed by atoms with E-state index in [2.05, 4.69) is 45.1 Å². The third-order valence-electron chi connectivity index (χ3n) is 9.89. The predicted octanol–water partition coefficient (Wildman–Crippen LogP) is 15.3. The molecule has 0 saturated carbocycles. The summed E-state index contributed by atoms with van der Waals surface area (Å²) in [5.41, 5.74) is 0. The number of hydrogen-bond donors (Lipinski definition) is 0. The van der Waals surface area contributed by atoms with Crippen LogP contribution in [-0.2, 0) is 19.1 Å². The summed E-state index contributed by atoms with van der Waals surface area (Å²) in [6.45, 7) is 6.98. The molecule has 0 bridgehead atoms. The molecule has 4 heteroatoms. The molecule has 0 fully saturated rings. The first-order valence-electron chi connectivity index (χ1n) is 22.3. The van der Waals surface area contributed by atoms with Gasteiger partial charge in [-0.3, -0.25) is 9.59 Å². The van der Waals surface area contributed by atoms with Gasteiger partial charge < -0.3 is 9.47 Å². The number of unbranched alkanes of at least 4 members (excludes halogenated alkanes) is 27. The SMILES string of the molecule is CCCCCCCCC=CCCCCCCCC(=O)OCC(CCCCCCCC)OC(=O)CCCCCCCC=CCCCCCCCC. The van der Waals surface area contributed by atoms with Gasteiger partial charge in [0.2, 0.25) is 0 Å². The van der Waals surface area contributed by atoms with Crippen molar-refractivity contribution in [2.45, 2.75) is 252 Å². The molecule has 50 heavy (non-hydrogen) atoms. The van der Waals surface area contributed by atoms with Crippen molar-refractivity contribution in [2.24, 2.45) is 0 Å². The van der Waals surface area contributed by atoms with E-state index in [1.165, 1.54) is 167 Å². The average molecular weight is 703 g/mol. The summed E-state index contributed by atoms with van der Waals surface area (Å²) in [5, 5.41) is 0.